The Labute approximate surface area is 193 Å². The molecule has 1 unspecified atom stereocenters. The molecule has 1 saturated carbocycles. The lowest BCUT2D eigenvalue weighted by atomic mass is 9.86. The van der Waals surface area contributed by atoms with Crippen molar-refractivity contribution in [1.82, 2.24) is 10.6 Å². The number of carboxylic acid groups (broad SMARTS) is 1. The number of benzene rings is 2. The second-order valence-corrected chi connectivity index (χ2v) is 9.40. The lowest BCUT2D eigenvalue weighted by Crippen LogP contribution is -2.50. The minimum Gasteiger partial charge on any atom is -0.481 e. The van der Waals surface area contributed by atoms with E-state index in [-0.39, 0.29) is 31.4 Å². The molecule has 0 radical (unpaired) electrons. The number of ether oxygens (including phenoxy) is 1. The minimum absolute atomic E-state index is 0.0326. The molecule has 0 aromatic heterocycles. The van der Waals surface area contributed by atoms with Crippen molar-refractivity contribution in [2.75, 3.05) is 13.2 Å². The number of carbonyl (C=O) groups is 3. The Kier molecular flexibility index (Phi) is 6.15. The molecule has 2 aliphatic carbocycles. The number of aliphatic carboxylic acids is 1. The lowest BCUT2D eigenvalue weighted by molar-refractivity contribution is -0.138. The number of hydrogen-bond donors (Lipinski definition) is 3. The fraction of sp³-hybridized carbons (Fsp3) is 0.423. The summed E-state index contributed by atoms with van der Waals surface area (Å²) in [6.45, 7) is 3.95. The highest BCUT2D eigenvalue weighted by Gasteiger charge is 2.48. The molecule has 3 N–H and O–H groups in total. The quantitative estimate of drug-likeness (QED) is 0.534. The molecular weight excluding hydrogens is 420 g/mol. The Hall–Kier alpha value is -3.35. The third kappa shape index (κ3) is 4.72. The lowest BCUT2D eigenvalue weighted by Gasteiger charge is -2.29. The van der Waals surface area contributed by atoms with Crippen LogP contribution < -0.4 is 10.6 Å². The molecule has 7 nitrogen and oxygen atoms in total. The van der Waals surface area contributed by atoms with E-state index in [9.17, 15) is 14.4 Å². The molecule has 2 aliphatic rings. The second-order valence-electron chi connectivity index (χ2n) is 9.40. The second kappa shape index (κ2) is 8.89. The van der Waals surface area contributed by atoms with Crippen molar-refractivity contribution in [2.24, 2.45) is 5.41 Å². The van der Waals surface area contributed by atoms with Crippen LogP contribution in [0.1, 0.15) is 56.6 Å². The largest absolute Gasteiger partial charge is 0.481 e. The average molecular weight is 451 g/mol. The Morgan fingerprint density at radius 3 is 2.15 bits per heavy atom. The van der Waals surface area contributed by atoms with E-state index in [4.69, 9.17) is 9.84 Å². The van der Waals surface area contributed by atoms with Gasteiger partial charge in [-0.1, -0.05) is 55.5 Å². The van der Waals surface area contributed by atoms with Gasteiger partial charge in [0.2, 0.25) is 5.91 Å². The summed E-state index contributed by atoms with van der Waals surface area (Å²) in [5.41, 5.74) is 3.08. The Morgan fingerprint density at radius 1 is 1.06 bits per heavy atom. The predicted molar refractivity (Wildman–Crippen MR) is 124 cm³/mol. The van der Waals surface area contributed by atoms with Gasteiger partial charge >= 0.3 is 12.1 Å². The highest BCUT2D eigenvalue weighted by Crippen LogP contribution is 2.44. The highest BCUT2D eigenvalue weighted by atomic mass is 16.5. The zero-order valence-electron chi connectivity index (χ0n) is 19.0. The van der Waals surface area contributed by atoms with E-state index in [1.165, 1.54) is 0 Å². The third-order valence-electron chi connectivity index (χ3n) is 7.02. The summed E-state index contributed by atoms with van der Waals surface area (Å²) in [6.07, 6.45) is 1.15. The number of amides is 2. The van der Waals surface area contributed by atoms with E-state index >= 15 is 0 Å². The van der Waals surface area contributed by atoms with Gasteiger partial charge in [-0.05, 0) is 48.4 Å². The zero-order valence-corrected chi connectivity index (χ0v) is 19.0. The van der Waals surface area contributed by atoms with Gasteiger partial charge in [0, 0.05) is 12.5 Å². The molecule has 4 rings (SSSR count). The molecule has 2 aromatic carbocycles. The molecule has 0 spiro atoms. The van der Waals surface area contributed by atoms with Crippen molar-refractivity contribution < 1.29 is 24.2 Å². The maximum absolute atomic E-state index is 12.9. The summed E-state index contributed by atoms with van der Waals surface area (Å²) < 4.78 is 5.57. The normalized spacial score (nSPS) is 17.3. The van der Waals surface area contributed by atoms with Crippen LogP contribution in [0, 0.1) is 5.41 Å². The molecular formula is C26H30N2O5. The van der Waals surface area contributed by atoms with Crippen molar-refractivity contribution in [3.63, 3.8) is 0 Å². The van der Waals surface area contributed by atoms with Crippen LogP contribution in [0.2, 0.25) is 0 Å². The first kappa shape index (κ1) is 22.8. The van der Waals surface area contributed by atoms with Crippen LogP contribution in [0.25, 0.3) is 11.1 Å². The fourth-order valence-corrected chi connectivity index (χ4v) is 4.46. The number of carbonyl (C=O) groups excluding carboxylic acids is 2. The molecule has 174 valence electrons. The van der Waals surface area contributed by atoms with E-state index < -0.39 is 23.0 Å². The third-order valence-corrected chi connectivity index (χ3v) is 7.02. The van der Waals surface area contributed by atoms with Crippen LogP contribution in [-0.2, 0) is 14.3 Å². The van der Waals surface area contributed by atoms with Gasteiger partial charge in [-0.3, -0.25) is 9.59 Å². The number of carboxylic acids is 1. The molecule has 33 heavy (non-hydrogen) atoms. The number of nitrogens with one attached hydrogen (secondary N) is 2. The zero-order chi connectivity index (χ0) is 23.6. The summed E-state index contributed by atoms with van der Waals surface area (Å²) in [7, 11) is 0. The summed E-state index contributed by atoms with van der Waals surface area (Å²) >= 11 is 0. The Bertz CT molecular complexity index is 1030. The summed E-state index contributed by atoms with van der Waals surface area (Å²) in [5.74, 6) is -1.21. The van der Waals surface area contributed by atoms with Crippen molar-refractivity contribution in [3.8, 4) is 11.1 Å². The van der Waals surface area contributed by atoms with Crippen molar-refractivity contribution in [1.29, 1.82) is 0 Å². The first-order valence-electron chi connectivity index (χ1n) is 11.4. The van der Waals surface area contributed by atoms with E-state index in [2.05, 4.69) is 34.9 Å². The Balaban J connectivity index is 1.34. The smallest absolute Gasteiger partial charge is 0.407 e. The first-order valence-corrected chi connectivity index (χ1v) is 11.4. The fourth-order valence-electron chi connectivity index (χ4n) is 4.46. The molecule has 0 saturated heterocycles. The molecule has 0 bridgehead atoms. The molecule has 1 atom stereocenters. The monoisotopic (exact) mass is 450 g/mol. The first-order chi connectivity index (χ1) is 15.8. The summed E-state index contributed by atoms with van der Waals surface area (Å²) in [6, 6.07) is 16.3. The topological polar surface area (TPSA) is 105 Å². The number of rotatable bonds is 9. The molecule has 0 aliphatic heterocycles. The van der Waals surface area contributed by atoms with Crippen LogP contribution in [0.5, 0.6) is 0 Å². The standard InChI is InChI=1S/C26H30N2O5/c1-3-25(2,23(31)28-26(12-13-26)14-22(29)30)16-27-24(32)33-15-21-19-10-6-4-8-17(19)18-9-5-7-11-20(18)21/h4-11,21H,3,12-16H2,1-2H3,(H,27,32)(H,28,31)(H,29,30). The van der Waals surface area contributed by atoms with Gasteiger partial charge in [0.15, 0.2) is 0 Å². The van der Waals surface area contributed by atoms with Gasteiger partial charge in [0.05, 0.1) is 17.4 Å². The van der Waals surface area contributed by atoms with E-state index in [1.54, 1.807) is 6.92 Å². The average Bonchev–Trinajstić information content (AvgIpc) is 3.47. The van der Waals surface area contributed by atoms with Crippen LogP contribution in [0.4, 0.5) is 4.79 Å². The van der Waals surface area contributed by atoms with Gasteiger partial charge in [-0.2, -0.15) is 0 Å². The predicted octanol–water partition coefficient (Wildman–Crippen LogP) is 4.06. The highest BCUT2D eigenvalue weighted by molar-refractivity contribution is 5.85. The number of hydrogen-bond acceptors (Lipinski definition) is 4. The van der Waals surface area contributed by atoms with Gasteiger partial charge in [-0.25, -0.2) is 4.79 Å². The molecule has 2 amide bonds. The van der Waals surface area contributed by atoms with Crippen LogP contribution in [0.15, 0.2) is 48.5 Å². The maximum atomic E-state index is 12.9. The van der Waals surface area contributed by atoms with E-state index in [0.717, 1.165) is 22.3 Å². The number of fused-ring (bicyclic) bond motifs is 3. The SMILES string of the molecule is CCC(C)(CNC(=O)OCC1c2ccccc2-c2ccccc21)C(=O)NC1(CC(=O)O)CC1. The van der Waals surface area contributed by atoms with Crippen molar-refractivity contribution >= 4 is 18.0 Å². The number of alkyl carbamates (subject to hydrolysis) is 1. The van der Waals surface area contributed by atoms with E-state index in [0.29, 0.717) is 19.3 Å². The van der Waals surface area contributed by atoms with Crippen LogP contribution in [-0.4, -0.2) is 41.8 Å². The molecule has 0 heterocycles. The molecule has 1 fully saturated rings. The molecule has 7 heteroatoms. The minimum atomic E-state index is -0.928. The van der Waals surface area contributed by atoms with Crippen LogP contribution >= 0.6 is 0 Å². The van der Waals surface area contributed by atoms with Crippen molar-refractivity contribution in [2.45, 2.75) is 51.0 Å². The molecule has 2 aromatic rings. The summed E-state index contributed by atoms with van der Waals surface area (Å²) in [4.78, 5) is 36.5. The van der Waals surface area contributed by atoms with Gasteiger partial charge in [0.1, 0.15) is 6.61 Å². The van der Waals surface area contributed by atoms with Gasteiger partial charge in [-0.15, -0.1) is 0 Å². The van der Waals surface area contributed by atoms with Crippen molar-refractivity contribution in [3.05, 3.63) is 59.7 Å². The Morgan fingerprint density at radius 2 is 1.64 bits per heavy atom. The summed E-state index contributed by atoms with van der Waals surface area (Å²) in [5, 5.41) is 14.7. The van der Waals surface area contributed by atoms with Gasteiger partial charge in [0.25, 0.3) is 0 Å². The van der Waals surface area contributed by atoms with E-state index in [1.807, 2.05) is 31.2 Å². The van der Waals surface area contributed by atoms with Crippen LogP contribution in [0.3, 0.4) is 0 Å². The maximum Gasteiger partial charge on any atom is 0.407 e. The van der Waals surface area contributed by atoms with Gasteiger partial charge < -0.3 is 20.5 Å².